The lowest BCUT2D eigenvalue weighted by atomic mass is 9.98. The van der Waals surface area contributed by atoms with Crippen molar-refractivity contribution in [1.82, 2.24) is 20.6 Å². The predicted octanol–water partition coefficient (Wildman–Crippen LogP) is 6.24. The van der Waals surface area contributed by atoms with E-state index in [-0.39, 0.29) is 34.5 Å². The highest BCUT2D eigenvalue weighted by atomic mass is 32.1. The van der Waals surface area contributed by atoms with Gasteiger partial charge in [-0.2, -0.15) is 0 Å². The highest BCUT2D eigenvalue weighted by molar-refractivity contribution is 7.14. The van der Waals surface area contributed by atoms with Crippen molar-refractivity contribution in [3.63, 3.8) is 0 Å². The third kappa shape index (κ3) is 7.88. The van der Waals surface area contributed by atoms with Gasteiger partial charge in [0.15, 0.2) is 0 Å². The molecule has 0 aliphatic rings. The average molecular weight is 495 g/mol. The van der Waals surface area contributed by atoms with E-state index in [1.54, 1.807) is 7.05 Å². The molecule has 0 fully saturated rings. The summed E-state index contributed by atoms with van der Waals surface area (Å²) in [5.41, 5.74) is 1.83. The summed E-state index contributed by atoms with van der Waals surface area (Å²) in [7, 11) is 1.66. The van der Waals surface area contributed by atoms with E-state index in [1.165, 1.54) is 22.7 Å². The van der Waals surface area contributed by atoms with Gasteiger partial charge in [0.05, 0.1) is 21.4 Å². The summed E-state index contributed by atoms with van der Waals surface area (Å²) >= 11 is 3.02. The van der Waals surface area contributed by atoms with E-state index >= 15 is 0 Å². The van der Waals surface area contributed by atoms with Crippen LogP contribution in [0.5, 0.6) is 0 Å². The molecule has 0 saturated heterocycles. The van der Waals surface area contributed by atoms with E-state index in [2.05, 4.69) is 89.8 Å². The van der Waals surface area contributed by atoms with Crippen molar-refractivity contribution in [1.29, 1.82) is 0 Å². The first kappa shape index (κ1) is 29.2. The van der Waals surface area contributed by atoms with E-state index in [9.17, 15) is 9.59 Å². The molecule has 0 bridgehead atoms. The summed E-state index contributed by atoms with van der Waals surface area (Å²) in [6.07, 6.45) is 0. The number of nitrogens with zero attached hydrogens (tertiary/aromatic N) is 2. The van der Waals surface area contributed by atoms with Crippen LogP contribution in [0.15, 0.2) is 0 Å². The zero-order chi connectivity index (χ0) is 25.7. The molecule has 0 saturated carbocycles. The van der Waals surface area contributed by atoms with Gasteiger partial charge in [0.1, 0.15) is 9.75 Å². The van der Waals surface area contributed by atoms with Gasteiger partial charge >= 0.3 is 0 Å². The highest BCUT2D eigenvalue weighted by Crippen LogP contribution is 2.33. The van der Waals surface area contributed by atoms with Crippen molar-refractivity contribution >= 4 is 34.5 Å². The van der Waals surface area contributed by atoms with E-state index in [4.69, 9.17) is 0 Å². The Morgan fingerprint density at radius 3 is 1.42 bits per heavy atom. The minimum atomic E-state index is -0.0308. The lowest BCUT2D eigenvalue weighted by Crippen LogP contribution is -2.23. The molecule has 2 aromatic heterocycles. The maximum Gasteiger partial charge on any atom is 0.263 e. The number of thiazole rings is 2. The second kappa shape index (κ2) is 11.6. The van der Waals surface area contributed by atoms with Crippen LogP contribution in [0.1, 0.15) is 129 Å². The highest BCUT2D eigenvalue weighted by Gasteiger charge is 2.26. The number of rotatable bonds is 5. The molecule has 186 valence electrons. The van der Waals surface area contributed by atoms with Gasteiger partial charge in [-0.1, -0.05) is 69.2 Å². The fourth-order valence-corrected chi connectivity index (χ4v) is 5.19. The number of carbonyl (C=O) groups is 2. The van der Waals surface area contributed by atoms with Gasteiger partial charge in [-0.3, -0.25) is 9.59 Å². The normalized spacial score (nSPS) is 11.9. The van der Waals surface area contributed by atoms with Crippen molar-refractivity contribution in [2.75, 3.05) is 13.6 Å². The molecule has 0 spiro atoms. The molecular weight excluding hydrogens is 452 g/mol. The summed E-state index contributed by atoms with van der Waals surface area (Å²) in [6.45, 7) is 23.6. The Kier molecular flexibility index (Phi) is 10.2. The smallest absolute Gasteiger partial charge is 0.263 e. The predicted molar refractivity (Wildman–Crippen MR) is 141 cm³/mol. The quantitative estimate of drug-likeness (QED) is 0.515. The zero-order valence-corrected chi connectivity index (χ0v) is 24.0. The largest absolute Gasteiger partial charge is 0.354 e. The second-order valence-corrected chi connectivity index (χ2v) is 12.7. The van der Waals surface area contributed by atoms with Crippen LogP contribution in [0, 0.1) is 0 Å². The summed E-state index contributed by atoms with van der Waals surface area (Å²) in [5.74, 6) is 0.528. The lowest BCUT2D eigenvalue weighted by Gasteiger charge is -2.13. The van der Waals surface area contributed by atoms with E-state index in [1.807, 2.05) is 6.92 Å². The van der Waals surface area contributed by atoms with Crippen LogP contribution in [0.2, 0.25) is 0 Å². The molecule has 0 aromatic carbocycles. The average Bonchev–Trinajstić information content (AvgIpc) is 3.32. The van der Waals surface area contributed by atoms with Crippen LogP contribution >= 0.6 is 22.7 Å². The van der Waals surface area contributed by atoms with E-state index in [0.29, 0.717) is 6.54 Å². The minimum absolute atomic E-state index is 0.000574. The molecule has 2 heterocycles. The molecule has 0 unspecified atom stereocenters. The molecule has 6 nitrogen and oxygen atoms in total. The Labute approximate surface area is 208 Å². The Morgan fingerprint density at radius 2 is 1.15 bits per heavy atom. The third-order valence-corrected chi connectivity index (χ3v) is 7.65. The lowest BCUT2D eigenvalue weighted by molar-refractivity contribution is 0.0953. The summed E-state index contributed by atoms with van der Waals surface area (Å²) in [4.78, 5) is 34.5. The first-order valence-corrected chi connectivity index (χ1v) is 13.2. The zero-order valence-electron chi connectivity index (χ0n) is 22.4. The van der Waals surface area contributed by atoms with Gasteiger partial charge in [-0.15, -0.1) is 22.7 Å². The first-order valence-electron chi connectivity index (χ1n) is 11.6. The molecule has 33 heavy (non-hydrogen) atoms. The van der Waals surface area contributed by atoms with Crippen molar-refractivity contribution in [3.05, 3.63) is 31.2 Å². The molecule has 2 aromatic rings. The van der Waals surface area contributed by atoms with Crippen molar-refractivity contribution in [2.24, 2.45) is 0 Å². The Bertz CT molecular complexity index is 945. The second-order valence-electron chi connectivity index (χ2n) is 10.7. The molecule has 0 radical (unpaired) electrons. The van der Waals surface area contributed by atoms with Crippen molar-refractivity contribution < 1.29 is 9.59 Å². The topological polar surface area (TPSA) is 84.0 Å². The minimum Gasteiger partial charge on any atom is -0.354 e. The Morgan fingerprint density at radius 1 is 0.788 bits per heavy atom. The molecule has 0 aliphatic carbocycles. The first-order chi connectivity index (χ1) is 15.0. The summed E-state index contributed by atoms with van der Waals surface area (Å²) < 4.78 is 0. The summed E-state index contributed by atoms with van der Waals surface area (Å²) in [6, 6.07) is 0. The fourth-order valence-electron chi connectivity index (χ4n) is 2.77. The van der Waals surface area contributed by atoms with Gasteiger partial charge in [0.25, 0.3) is 11.8 Å². The van der Waals surface area contributed by atoms with Gasteiger partial charge in [-0.05, 0) is 18.8 Å². The maximum absolute atomic E-state index is 12.0. The fraction of sp³-hybridized carbons (Fsp3) is 0.680. The summed E-state index contributed by atoms with van der Waals surface area (Å²) in [5, 5.41) is 7.58. The third-order valence-electron chi connectivity index (χ3n) is 4.66. The van der Waals surface area contributed by atoms with Gasteiger partial charge in [-0.25, -0.2) is 9.97 Å². The van der Waals surface area contributed by atoms with Crippen LogP contribution in [0.25, 0.3) is 0 Å². The van der Waals surface area contributed by atoms with Crippen molar-refractivity contribution in [2.45, 2.75) is 98.8 Å². The number of carbonyl (C=O) groups excluding carboxylic acids is 2. The maximum atomic E-state index is 12.0. The molecule has 8 heteroatoms. The van der Waals surface area contributed by atoms with E-state index in [0.717, 1.165) is 31.2 Å². The van der Waals surface area contributed by atoms with E-state index < -0.39 is 0 Å². The molecule has 0 atom stereocenters. The Hall–Kier alpha value is -1.80. The SMILES string of the molecule is CCNC(=O)c1sc(C(C)(C)C)nc1C(C)C.CNC(=O)c1sc(C(C)(C)C)nc1C(C)C. The number of aromatic nitrogens is 2. The van der Waals surface area contributed by atoms with Gasteiger partial charge in [0, 0.05) is 24.4 Å². The van der Waals surface area contributed by atoms with Crippen LogP contribution in [0.4, 0.5) is 0 Å². The molecule has 2 amide bonds. The van der Waals surface area contributed by atoms with Gasteiger partial charge < -0.3 is 10.6 Å². The van der Waals surface area contributed by atoms with Gasteiger partial charge in [0.2, 0.25) is 0 Å². The monoisotopic (exact) mass is 494 g/mol. The van der Waals surface area contributed by atoms with Crippen LogP contribution in [-0.4, -0.2) is 35.4 Å². The molecule has 0 aliphatic heterocycles. The van der Waals surface area contributed by atoms with Crippen LogP contribution < -0.4 is 10.6 Å². The van der Waals surface area contributed by atoms with Crippen LogP contribution in [-0.2, 0) is 10.8 Å². The number of nitrogens with one attached hydrogen (secondary N) is 2. The molecule has 2 N–H and O–H groups in total. The Balaban J connectivity index is 0.000000331. The number of hydrogen-bond donors (Lipinski definition) is 2. The number of hydrogen-bond acceptors (Lipinski definition) is 6. The molecular formula is C25H42N4O2S2. The van der Waals surface area contributed by atoms with Crippen LogP contribution in [0.3, 0.4) is 0 Å². The number of amides is 2. The molecule has 2 rings (SSSR count). The standard InChI is InChI=1S/C13H22N2OS.C12H20N2OS/c1-7-14-11(16)10-9(8(2)3)15-12(17-10)13(4,5)6;1-7(2)8-9(10(15)13-6)16-11(14-8)12(3,4)5/h8H,7H2,1-6H3,(H,14,16);7H,1-6H3,(H,13,15). The van der Waals surface area contributed by atoms with Crippen molar-refractivity contribution in [3.8, 4) is 0 Å².